The number of hydrogen-bond donors (Lipinski definition) is 1. The quantitative estimate of drug-likeness (QED) is 0.908. The van der Waals surface area contributed by atoms with Crippen molar-refractivity contribution in [2.24, 2.45) is 23.7 Å². The average molecular weight is 323 g/mol. The number of sulfonamides is 1. The Kier molecular flexibility index (Phi) is 4.08. The fourth-order valence-electron chi connectivity index (χ4n) is 4.12. The van der Waals surface area contributed by atoms with Crippen molar-refractivity contribution >= 4 is 10.0 Å². The number of rotatable bonds is 2. The zero-order valence-corrected chi connectivity index (χ0v) is 14.3. The molecule has 0 aromatic heterocycles. The molecule has 3 rings (SSSR count). The van der Waals surface area contributed by atoms with Gasteiger partial charge in [-0.2, -0.15) is 4.31 Å². The summed E-state index contributed by atoms with van der Waals surface area (Å²) in [6, 6.07) is 7.05. The molecular weight excluding hydrogens is 298 g/mol. The van der Waals surface area contributed by atoms with Crippen LogP contribution in [0.2, 0.25) is 0 Å². The first-order valence-corrected chi connectivity index (χ1v) is 9.49. The van der Waals surface area contributed by atoms with Crippen LogP contribution in [-0.4, -0.2) is 37.0 Å². The lowest BCUT2D eigenvalue weighted by Crippen LogP contribution is -2.47. The summed E-state index contributed by atoms with van der Waals surface area (Å²) in [5.41, 5.74) is 1.05. The van der Waals surface area contributed by atoms with Gasteiger partial charge < -0.3 is 5.11 Å². The summed E-state index contributed by atoms with van der Waals surface area (Å²) in [6.07, 6.45) is 0.519. The van der Waals surface area contributed by atoms with E-state index in [1.165, 1.54) is 0 Å². The number of fused-ring (bicyclic) bond motifs is 1. The minimum absolute atomic E-state index is 0.170. The average Bonchev–Trinajstić information content (AvgIpc) is 2.76. The number of aliphatic hydroxyl groups is 1. The number of hydrogen-bond acceptors (Lipinski definition) is 3. The Balaban J connectivity index is 1.87. The largest absolute Gasteiger partial charge is 0.393 e. The van der Waals surface area contributed by atoms with Gasteiger partial charge >= 0.3 is 0 Å². The van der Waals surface area contributed by atoms with E-state index in [1.807, 2.05) is 26.0 Å². The molecule has 0 amide bonds. The number of nitrogens with zero attached hydrogens (tertiary/aromatic N) is 1. The monoisotopic (exact) mass is 323 g/mol. The second-order valence-electron chi connectivity index (χ2n) is 7.10. The van der Waals surface area contributed by atoms with Gasteiger partial charge in [0.05, 0.1) is 11.0 Å². The summed E-state index contributed by atoms with van der Waals surface area (Å²) >= 11 is 0. The lowest BCUT2D eigenvalue weighted by Gasteiger charge is -2.40. The predicted molar refractivity (Wildman–Crippen MR) is 85.9 cm³/mol. The van der Waals surface area contributed by atoms with Gasteiger partial charge in [-0.25, -0.2) is 8.42 Å². The summed E-state index contributed by atoms with van der Waals surface area (Å²) < 4.78 is 27.4. The van der Waals surface area contributed by atoms with Crippen LogP contribution in [0.1, 0.15) is 25.8 Å². The normalized spacial score (nSPS) is 36.3. The van der Waals surface area contributed by atoms with Gasteiger partial charge in [0.2, 0.25) is 10.0 Å². The molecule has 1 aromatic carbocycles. The Labute approximate surface area is 133 Å². The number of aryl methyl sites for hydroxylation is 1. The molecule has 2 aliphatic rings. The molecule has 2 fully saturated rings. The van der Waals surface area contributed by atoms with Crippen molar-refractivity contribution in [3.8, 4) is 0 Å². The van der Waals surface area contributed by atoms with E-state index in [0.717, 1.165) is 12.0 Å². The Hall–Kier alpha value is -0.910. The Morgan fingerprint density at radius 3 is 2.36 bits per heavy atom. The molecular formula is C17H25NO3S. The Morgan fingerprint density at radius 2 is 1.73 bits per heavy atom. The Bertz CT molecular complexity index is 640. The maximum atomic E-state index is 12.9. The summed E-state index contributed by atoms with van der Waals surface area (Å²) in [5, 5.41) is 10.1. The summed E-state index contributed by atoms with van der Waals surface area (Å²) in [4.78, 5) is 0.370. The number of aliphatic hydroxyl groups excluding tert-OH is 1. The highest BCUT2D eigenvalue weighted by Gasteiger charge is 2.48. The van der Waals surface area contributed by atoms with Crippen LogP contribution in [0.15, 0.2) is 29.2 Å². The maximum absolute atomic E-state index is 12.9. The van der Waals surface area contributed by atoms with Gasteiger partial charge in [0.1, 0.15) is 0 Å². The molecule has 1 aliphatic heterocycles. The molecule has 1 saturated carbocycles. The highest BCUT2D eigenvalue weighted by Crippen LogP contribution is 2.45. The van der Waals surface area contributed by atoms with Crippen molar-refractivity contribution in [1.82, 2.24) is 4.31 Å². The van der Waals surface area contributed by atoms with Gasteiger partial charge in [0.15, 0.2) is 0 Å². The molecule has 0 unspecified atom stereocenters. The molecule has 0 spiro atoms. The molecule has 1 saturated heterocycles. The third-order valence-corrected chi connectivity index (χ3v) is 7.49. The van der Waals surface area contributed by atoms with Crippen molar-refractivity contribution in [3.05, 3.63) is 29.8 Å². The fraction of sp³-hybridized carbons (Fsp3) is 0.647. The lowest BCUT2D eigenvalue weighted by molar-refractivity contribution is 0.110. The van der Waals surface area contributed by atoms with Crippen LogP contribution >= 0.6 is 0 Å². The molecule has 1 aromatic rings. The highest BCUT2D eigenvalue weighted by molar-refractivity contribution is 7.89. The van der Waals surface area contributed by atoms with Gasteiger partial charge in [-0.15, -0.1) is 0 Å². The molecule has 0 radical (unpaired) electrons. The van der Waals surface area contributed by atoms with Crippen LogP contribution in [0, 0.1) is 30.6 Å². The van der Waals surface area contributed by atoms with Gasteiger partial charge in [-0.05, 0) is 49.1 Å². The standard InChI is InChI=1S/C17H25NO3S/c1-11-4-6-14(7-5-11)22(20,21)18-9-12(2)15-8-17(19)13(3)16(15)10-18/h4-7,12-13,15-17,19H,8-10H2,1-3H3/t12-,13-,15+,16+,17-/m0/s1. The molecule has 122 valence electrons. The zero-order valence-electron chi connectivity index (χ0n) is 13.4. The molecule has 1 aliphatic carbocycles. The lowest BCUT2D eigenvalue weighted by atomic mass is 9.79. The van der Waals surface area contributed by atoms with Crippen LogP contribution in [0.3, 0.4) is 0 Å². The van der Waals surface area contributed by atoms with Crippen molar-refractivity contribution in [1.29, 1.82) is 0 Å². The van der Waals surface area contributed by atoms with Crippen LogP contribution in [-0.2, 0) is 10.0 Å². The highest BCUT2D eigenvalue weighted by atomic mass is 32.2. The van der Waals surface area contributed by atoms with Gasteiger partial charge in [-0.3, -0.25) is 0 Å². The van der Waals surface area contributed by atoms with Crippen molar-refractivity contribution < 1.29 is 13.5 Å². The van der Waals surface area contributed by atoms with Crippen molar-refractivity contribution in [2.45, 2.75) is 38.2 Å². The fourth-order valence-corrected chi connectivity index (χ4v) is 5.70. The summed E-state index contributed by atoms with van der Waals surface area (Å²) in [5.74, 6) is 1.16. The van der Waals surface area contributed by atoms with Gasteiger partial charge in [-0.1, -0.05) is 31.5 Å². The minimum atomic E-state index is -3.44. The topological polar surface area (TPSA) is 57.6 Å². The summed E-state index contributed by atoms with van der Waals surface area (Å²) in [6.45, 7) is 7.19. The van der Waals surface area contributed by atoms with Gasteiger partial charge in [0, 0.05) is 13.1 Å². The molecule has 0 bridgehead atoms. The molecule has 1 heterocycles. The van der Waals surface area contributed by atoms with E-state index in [1.54, 1.807) is 16.4 Å². The molecule has 4 nitrogen and oxygen atoms in total. The first kappa shape index (κ1) is 16.0. The SMILES string of the molecule is Cc1ccc(S(=O)(=O)N2C[C@@H]3[C@H](C)[C@@H](O)C[C@@H]3[C@@H](C)C2)cc1. The van der Waals surface area contributed by atoms with Crippen LogP contribution < -0.4 is 0 Å². The maximum Gasteiger partial charge on any atom is 0.243 e. The Morgan fingerprint density at radius 1 is 1.09 bits per heavy atom. The second-order valence-corrected chi connectivity index (χ2v) is 9.04. The number of benzene rings is 1. The smallest absolute Gasteiger partial charge is 0.243 e. The molecule has 5 heteroatoms. The third-order valence-electron chi connectivity index (χ3n) is 5.64. The first-order valence-electron chi connectivity index (χ1n) is 8.05. The van der Waals surface area contributed by atoms with E-state index in [-0.39, 0.29) is 17.9 Å². The molecule has 5 atom stereocenters. The molecule has 1 N–H and O–H groups in total. The third kappa shape index (κ3) is 2.59. The number of piperidine rings is 1. The molecule has 22 heavy (non-hydrogen) atoms. The van der Waals surface area contributed by atoms with Crippen molar-refractivity contribution in [2.75, 3.05) is 13.1 Å². The second kappa shape index (κ2) is 5.62. The van der Waals surface area contributed by atoms with E-state index in [9.17, 15) is 13.5 Å². The van der Waals surface area contributed by atoms with Crippen LogP contribution in [0.4, 0.5) is 0 Å². The van der Waals surface area contributed by atoms with E-state index in [2.05, 4.69) is 6.92 Å². The minimum Gasteiger partial charge on any atom is -0.393 e. The van der Waals surface area contributed by atoms with Gasteiger partial charge in [0.25, 0.3) is 0 Å². The van der Waals surface area contributed by atoms with E-state index < -0.39 is 10.0 Å². The zero-order chi connectivity index (χ0) is 16.1. The van der Waals surface area contributed by atoms with E-state index in [4.69, 9.17) is 0 Å². The van der Waals surface area contributed by atoms with E-state index >= 15 is 0 Å². The van der Waals surface area contributed by atoms with Crippen molar-refractivity contribution in [3.63, 3.8) is 0 Å². The van der Waals surface area contributed by atoms with Crippen LogP contribution in [0.25, 0.3) is 0 Å². The predicted octanol–water partition coefficient (Wildman–Crippen LogP) is 2.27. The van der Waals surface area contributed by atoms with E-state index in [0.29, 0.717) is 29.8 Å². The van der Waals surface area contributed by atoms with Crippen LogP contribution in [0.5, 0.6) is 0 Å². The summed E-state index contributed by atoms with van der Waals surface area (Å²) in [7, 11) is -3.44. The first-order chi connectivity index (χ1) is 10.3.